The molecule has 1 atom stereocenters. The van der Waals surface area contributed by atoms with Crippen LogP contribution in [0.3, 0.4) is 0 Å². The van der Waals surface area contributed by atoms with E-state index in [2.05, 4.69) is 63.0 Å². The van der Waals surface area contributed by atoms with Gasteiger partial charge in [-0.15, -0.1) is 0 Å². The molecule has 3 aromatic carbocycles. The molecule has 1 heterocycles. The SMILES string of the molecule is CCN(CCO)CCCC(C)[N](c1ccnc2cc(Cl)ccc12)[Bi]([c]1ccc(N)cc1)[c]1ccc(N)cc1. The zero-order chi connectivity index (χ0) is 27.1. The Morgan fingerprint density at radius 1 is 0.921 bits per heavy atom. The number of benzene rings is 3. The van der Waals surface area contributed by atoms with Gasteiger partial charge in [0, 0.05) is 0 Å². The quantitative estimate of drug-likeness (QED) is 0.150. The maximum atomic E-state index is 9.42. The van der Waals surface area contributed by atoms with E-state index in [4.69, 9.17) is 23.1 Å². The van der Waals surface area contributed by atoms with Crippen molar-refractivity contribution in [1.82, 2.24) is 9.88 Å². The second-order valence-corrected chi connectivity index (χ2v) is 18.0. The van der Waals surface area contributed by atoms with Crippen LogP contribution in [0, 0.1) is 0 Å². The van der Waals surface area contributed by atoms with Gasteiger partial charge in [-0.1, -0.05) is 0 Å². The fraction of sp³-hybridized carbons (Fsp3) is 0.300. The van der Waals surface area contributed by atoms with Crippen molar-refractivity contribution < 1.29 is 5.11 Å². The Hall–Kier alpha value is -2.44. The monoisotopic (exact) mass is 727 g/mol. The molecule has 0 aliphatic rings. The van der Waals surface area contributed by atoms with Gasteiger partial charge >= 0.3 is 240 Å². The summed E-state index contributed by atoms with van der Waals surface area (Å²) in [5.41, 5.74) is 15.8. The standard InChI is InChI=1S/C18H25ClN3O.2C6H6N.Bi/c1-3-22(11-12-23)10-4-5-14(2)21-17-8-9-20-18-13-15(19)6-7-16(17)18;2*7-6-4-2-1-3-5-6;/h6-9,13-14,23H,3-5,10-12H2,1-2H3;2*2-5H,7H2;/q-1;;;+1. The van der Waals surface area contributed by atoms with Gasteiger partial charge in [0.15, 0.2) is 0 Å². The molecule has 0 aliphatic heterocycles. The molecule has 4 rings (SSSR count). The number of aromatic nitrogens is 1. The van der Waals surface area contributed by atoms with Gasteiger partial charge in [0.2, 0.25) is 0 Å². The summed E-state index contributed by atoms with van der Waals surface area (Å²) in [5.74, 6) is 0. The number of halogens is 1. The Morgan fingerprint density at radius 2 is 1.55 bits per heavy atom. The summed E-state index contributed by atoms with van der Waals surface area (Å²) >= 11 is 3.46. The fourth-order valence-electron chi connectivity index (χ4n) is 4.78. The normalized spacial score (nSPS) is 12.4. The Labute approximate surface area is 239 Å². The summed E-state index contributed by atoms with van der Waals surface area (Å²) in [6.07, 6.45) is 3.96. The van der Waals surface area contributed by atoms with E-state index in [9.17, 15) is 5.11 Å². The van der Waals surface area contributed by atoms with Crippen LogP contribution in [0.4, 0.5) is 17.1 Å². The van der Waals surface area contributed by atoms with Crippen LogP contribution in [0.2, 0.25) is 5.02 Å². The Bertz CT molecular complexity index is 1270. The zero-order valence-electron chi connectivity index (χ0n) is 22.1. The molecule has 4 aromatic rings. The van der Waals surface area contributed by atoms with E-state index in [0.717, 1.165) is 48.2 Å². The minimum absolute atomic E-state index is 0.188. The summed E-state index contributed by atoms with van der Waals surface area (Å²) < 4.78 is 5.40. The second kappa shape index (κ2) is 13.6. The minimum atomic E-state index is -2.88. The van der Waals surface area contributed by atoms with E-state index in [-0.39, 0.29) is 12.6 Å². The molecule has 0 spiro atoms. The van der Waals surface area contributed by atoms with Crippen molar-refractivity contribution in [3.8, 4) is 0 Å². The van der Waals surface area contributed by atoms with Gasteiger partial charge in [0.25, 0.3) is 0 Å². The summed E-state index contributed by atoms with van der Waals surface area (Å²) in [4.78, 5) is 6.94. The molecule has 0 saturated carbocycles. The molecule has 6 nitrogen and oxygen atoms in total. The van der Waals surface area contributed by atoms with Crippen LogP contribution in [0.25, 0.3) is 10.9 Å². The number of nitrogens with two attached hydrogens (primary N) is 2. The van der Waals surface area contributed by atoms with Crippen LogP contribution < -0.4 is 20.9 Å². The van der Waals surface area contributed by atoms with E-state index in [1.165, 1.54) is 12.2 Å². The maximum absolute atomic E-state index is 9.42. The number of nitrogens with zero attached hydrogens (tertiary/aromatic N) is 3. The van der Waals surface area contributed by atoms with Crippen molar-refractivity contribution in [2.45, 2.75) is 32.7 Å². The van der Waals surface area contributed by atoms with Crippen LogP contribution in [0.1, 0.15) is 26.7 Å². The molecule has 0 fully saturated rings. The molecule has 1 unspecified atom stereocenters. The van der Waals surface area contributed by atoms with Crippen molar-refractivity contribution in [1.29, 1.82) is 0 Å². The van der Waals surface area contributed by atoms with Gasteiger partial charge in [0.05, 0.1) is 0 Å². The number of hydrogen-bond donors (Lipinski definition) is 3. The molecule has 0 bridgehead atoms. The molecule has 0 saturated heterocycles. The molecule has 0 aliphatic carbocycles. The molecule has 8 heteroatoms. The van der Waals surface area contributed by atoms with Gasteiger partial charge < -0.3 is 0 Å². The second-order valence-electron chi connectivity index (χ2n) is 9.48. The topological polar surface area (TPSA) is 91.6 Å². The molecule has 0 amide bonds. The molecule has 5 N–H and O–H groups in total. The van der Waals surface area contributed by atoms with Gasteiger partial charge in [-0.05, 0) is 0 Å². The third-order valence-corrected chi connectivity index (χ3v) is 17.2. The first kappa shape index (κ1) is 28.6. The first-order chi connectivity index (χ1) is 18.4. The van der Waals surface area contributed by atoms with Gasteiger partial charge in [-0.3, -0.25) is 0 Å². The number of aliphatic hydroxyl groups excluding tert-OH is 1. The van der Waals surface area contributed by atoms with E-state index in [1.807, 2.05) is 42.6 Å². The van der Waals surface area contributed by atoms with Crippen molar-refractivity contribution >= 4 is 68.1 Å². The Balaban J connectivity index is 1.82. The Kier molecular flexibility index (Phi) is 10.2. The third-order valence-electron chi connectivity index (χ3n) is 6.80. The number of likely N-dealkylation sites (N-methyl/N-ethyl adjacent to an activating group) is 1. The number of pyridine rings is 1. The predicted octanol–water partition coefficient (Wildman–Crippen LogP) is 4.15. The van der Waals surface area contributed by atoms with E-state index in [1.54, 1.807) is 0 Å². The van der Waals surface area contributed by atoms with Gasteiger partial charge in [0.1, 0.15) is 0 Å². The zero-order valence-corrected chi connectivity index (χ0v) is 26.3. The van der Waals surface area contributed by atoms with Crippen LogP contribution in [-0.2, 0) is 0 Å². The average Bonchev–Trinajstić information content (AvgIpc) is 2.92. The molecule has 1 aromatic heterocycles. The van der Waals surface area contributed by atoms with Crippen molar-refractivity contribution in [2.75, 3.05) is 40.6 Å². The summed E-state index contributed by atoms with van der Waals surface area (Å²) in [5, 5.41) is 11.2. The number of aliphatic hydroxyl groups is 1. The van der Waals surface area contributed by atoms with Gasteiger partial charge in [-0.2, -0.15) is 0 Å². The van der Waals surface area contributed by atoms with Crippen molar-refractivity contribution in [2.24, 2.45) is 0 Å². The summed E-state index contributed by atoms with van der Waals surface area (Å²) in [7, 11) is 0. The summed E-state index contributed by atoms with van der Waals surface area (Å²) in [6, 6.07) is 25.2. The summed E-state index contributed by atoms with van der Waals surface area (Å²) in [6.45, 7) is 7.28. The molecule has 38 heavy (non-hydrogen) atoms. The van der Waals surface area contributed by atoms with E-state index < -0.39 is 22.0 Å². The number of anilines is 3. The van der Waals surface area contributed by atoms with E-state index in [0.29, 0.717) is 11.6 Å². The third kappa shape index (κ3) is 6.95. The van der Waals surface area contributed by atoms with Crippen LogP contribution in [0.5, 0.6) is 0 Å². The molecule has 0 radical (unpaired) electrons. The molecule has 200 valence electrons. The average molecular weight is 728 g/mol. The number of fused-ring (bicyclic) bond motifs is 1. The Morgan fingerprint density at radius 3 is 2.13 bits per heavy atom. The fourth-order valence-corrected chi connectivity index (χ4v) is 14.9. The van der Waals surface area contributed by atoms with Gasteiger partial charge in [-0.25, -0.2) is 0 Å². The van der Waals surface area contributed by atoms with Crippen molar-refractivity contribution in [3.05, 3.63) is 84.0 Å². The van der Waals surface area contributed by atoms with Crippen LogP contribution >= 0.6 is 11.6 Å². The number of rotatable bonds is 12. The number of nitrogen functional groups attached to an aromatic ring is 2. The molecular formula is C30H37BiClN5O. The first-order valence-electron chi connectivity index (χ1n) is 13.1. The van der Waals surface area contributed by atoms with Crippen LogP contribution in [-0.4, -0.2) is 69.3 Å². The van der Waals surface area contributed by atoms with Crippen LogP contribution in [0.15, 0.2) is 79.0 Å². The predicted molar refractivity (Wildman–Crippen MR) is 164 cm³/mol. The molecular weight excluding hydrogens is 691 g/mol. The number of hydrogen-bond acceptors (Lipinski definition) is 6. The first-order valence-corrected chi connectivity index (χ1v) is 18.5. The van der Waals surface area contributed by atoms with E-state index >= 15 is 0 Å². The van der Waals surface area contributed by atoms with Crippen molar-refractivity contribution in [3.63, 3.8) is 0 Å².